The van der Waals surface area contributed by atoms with E-state index in [1.807, 2.05) is 7.11 Å². The van der Waals surface area contributed by atoms with Gasteiger partial charge in [0.1, 0.15) is 5.75 Å². The summed E-state index contributed by atoms with van der Waals surface area (Å²) >= 11 is 6.70. The predicted octanol–water partition coefficient (Wildman–Crippen LogP) is 14.7. The first-order valence-electron chi connectivity index (χ1n) is 23.4. The van der Waals surface area contributed by atoms with Crippen molar-refractivity contribution in [1.29, 1.82) is 0 Å². The maximum Gasteiger partial charge on any atom is 1.00 e. The molecule has 0 N–H and O–H groups in total. The molecular weight excluding hydrogens is 733 g/mol. The van der Waals surface area contributed by atoms with Crippen molar-refractivity contribution in [3.63, 3.8) is 0 Å². The summed E-state index contributed by atoms with van der Waals surface area (Å²) in [7, 11) is 1.49. The number of methoxy groups -OCH3 is 1. The molecule has 56 heavy (non-hydrogen) atoms. The van der Waals surface area contributed by atoms with Crippen molar-refractivity contribution >= 4 is 31.7 Å². The van der Waals surface area contributed by atoms with Crippen molar-refractivity contribution in [2.45, 2.75) is 237 Å². The molecule has 4 aliphatic carbocycles. The van der Waals surface area contributed by atoms with E-state index in [9.17, 15) is 0 Å². The molecule has 0 aromatic heterocycles. The smallest absolute Gasteiger partial charge is 0.496 e. The average Bonchev–Trinajstić information content (AvgIpc) is 3.22. The molecular formula is C51H84ClLiOP2. The monoisotopic (exact) mass is 817 g/mol. The average molecular weight is 818 g/mol. The number of unbranched alkanes of at least 4 members (excludes halogenated alkanes) is 1. The van der Waals surface area contributed by atoms with Crippen LogP contribution in [0.5, 0.6) is 5.75 Å². The van der Waals surface area contributed by atoms with Crippen molar-refractivity contribution < 1.29 is 23.6 Å². The normalized spacial score (nSPS) is 19.1. The zero-order chi connectivity index (χ0) is 39.9. The van der Waals surface area contributed by atoms with Gasteiger partial charge in [-0.25, -0.2) is 0 Å². The number of hydrogen-bond donors (Lipinski definition) is 0. The third-order valence-corrected chi connectivity index (χ3v) is 21.0. The number of ether oxygens (including phenoxy) is 1. The van der Waals surface area contributed by atoms with Crippen LogP contribution < -0.4 is 28.9 Å². The van der Waals surface area contributed by atoms with Gasteiger partial charge in [-0.2, -0.15) is 6.42 Å². The summed E-state index contributed by atoms with van der Waals surface area (Å²) in [6.45, 7) is 22.4. The molecule has 1 nitrogen and oxygen atoms in total. The van der Waals surface area contributed by atoms with E-state index in [1.54, 1.807) is 16.4 Å². The van der Waals surface area contributed by atoms with Crippen molar-refractivity contribution in [3.05, 3.63) is 53.4 Å². The van der Waals surface area contributed by atoms with E-state index >= 15 is 0 Å². The van der Waals surface area contributed by atoms with Gasteiger partial charge in [-0.05, 0) is 145 Å². The van der Waals surface area contributed by atoms with Crippen molar-refractivity contribution in [1.82, 2.24) is 0 Å². The summed E-state index contributed by atoms with van der Waals surface area (Å²) < 4.78 is 6.30. The van der Waals surface area contributed by atoms with Crippen LogP contribution in [0, 0.1) is 13.8 Å². The summed E-state index contributed by atoms with van der Waals surface area (Å²) in [5.41, 5.74) is 12.6. The van der Waals surface area contributed by atoms with Gasteiger partial charge in [-0.15, -0.1) is 0 Å². The summed E-state index contributed by atoms with van der Waals surface area (Å²) in [6, 6.07) is 9.74. The second-order valence-electron chi connectivity index (χ2n) is 18.6. The first kappa shape index (κ1) is 50.3. The van der Waals surface area contributed by atoms with Gasteiger partial charge in [-0.3, -0.25) is 0 Å². The number of aryl methyl sites for hydroxylation is 1. The van der Waals surface area contributed by atoms with Gasteiger partial charge in [0.05, 0.1) is 7.11 Å². The molecule has 312 valence electrons. The van der Waals surface area contributed by atoms with E-state index in [0.29, 0.717) is 17.8 Å². The molecule has 4 aliphatic rings. The Balaban J connectivity index is 0.000000365. The molecule has 0 unspecified atom stereocenters. The molecule has 0 spiro atoms. The van der Waals surface area contributed by atoms with Crippen LogP contribution >= 0.6 is 26.4 Å². The standard InChI is InChI=1S/C35H53OP.C12H22ClP.C4H9.Li/c1-23(2)27-21-30(24(3)4)34(31(22-27)25(5)6)33-26(7)19-20-32(36-8)35(33)37(28-15-11-9-12-16-28)29-17-13-10-14-18-29;13-14(11-7-3-1-4-8-11)12-9-5-2-6-10-12;1-3-4-2;/h19-25,28-29H,9-18H2,1-8H3;11-12H,1-10H2;1,3-4H2,2H3;/q;;-1;+1. The largest absolute Gasteiger partial charge is 1.00 e. The Labute approximate surface area is 367 Å². The van der Waals surface area contributed by atoms with Gasteiger partial charge in [0, 0.05) is 5.30 Å². The Morgan fingerprint density at radius 1 is 0.625 bits per heavy atom. The minimum absolute atomic E-state index is 0. The Bertz CT molecular complexity index is 1320. The van der Waals surface area contributed by atoms with E-state index < -0.39 is 0 Å². The van der Waals surface area contributed by atoms with E-state index in [1.165, 1.54) is 163 Å². The number of hydrogen-bond acceptors (Lipinski definition) is 1. The van der Waals surface area contributed by atoms with Gasteiger partial charge in [0.2, 0.25) is 0 Å². The minimum atomic E-state index is -0.288. The van der Waals surface area contributed by atoms with E-state index in [4.69, 9.17) is 16.0 Å². The Hall–Kier alpha value is -0.0126. The first-order chi connectivity index (χ1) is 26.5. The molecule has 0 saturated heterocycles. The second-order valence-corrected chi connectivity index (χ2v) is 24.7. The minimum Gasteiger partial charge on any atom is -0.496 e. The van der Waals surface area contributed by atoms with E-state index in [2.05, 4.69) is 86.6 Å². The van der Waals surface area contributed by atoms with Gasteiger partial charge in [-0.1, -0.05) is 169 Å². The third kappa shape index (κ3) is 14.0. The SMILES string of the molecule is COc1ccc(C)c(-c2c(C(C)C)cc(C(C)C)cc2C(C)C)c1P(C1CCCCC1)C1CCCCC1.ClP(C1CCCCC1)C1CCCCC1.[CH2-]CCC.[Li+]. The maximum atomic E-state index is 6.70. The fraction of sp³-hybridized carbons (Fsp3) is 0.745. The molecule has 4 saturated carbocycles. The van der Waals surface area contributed by atoms with Crippen LogP contribution in [0.4, 0.5) is 0 Å². The summed E-state index contributed by atoms with van der Waals surface area (Å²) in [5, 5.41) is 1.62. The van der Waals surface area contributed by atoms with Crippen molar-refractivity contribution in [2.24, 2.45) is 0 Å². The molecule has 2 aromatic rings. The summed E-state index contributed by atoms with van der Waals surface area (Å²) in [6.07, 6.45) is 30.9. The molecule has 0 bridgehead atoms. The van der Waals surface area contributed by atoms with E-state index in [0.717, 1.165) is 29.1 Å². The summed E-state index contributed by atoms with van der Waals surface area (Å²) in [5.74, 6) is 2.68. The van der Waals surface area contributed by atoms with Gasteiger partial charge in [0.25, 0.3) is 0 Å². The first-order valence-corrected chi connectivity index (χ1v) is 27.3. The second kappa shape index (κ2) is 26.4. The topological polar surface area (TPSA) is 9.23 Å². The Morgan fingerprint density at radius 2 is 1.00 bits per heavy atom. The van der Waals surface area contributed by atoms with Crippen LogP contribution in [0.25, 0.3) is 11.1 Å². The number of benzene rings is 2. The molecule has 0 aliphatic heterocycles. The molecule has 6 rings (SSSR count). The molecule has 5 heteroatoms. The quantitative estimate of drug-likeness (QED) is 0.125. The number of halogens is 1. The van der Waals surface area contributed by atoms with Gasteiger partial charge >= 0.3 is 18.9 Å². The Morgan fingerprint density at radius 3 is 1.32 bits per heavy atom. The van der Waals surface area contributed by atoms with Crippen molar-refractivity contribution in [3.8, 4) is 16.9 Å². The zero-order valence-corrected chi connectivity index (χ0v) is 40.8. The maximum absolute atomic E-state index is 6.70. The molecule has 4 fully saturated rings. The molecule has 0 heterocycles. The molecule has 0 amide bonds. The molecule has 2 aromatic carbocycles. The van der Waals surface area contributed by atoms with Gasteiger partial charge < -0.3 is 11.7 Å². The van der Waals surface area contributed by atoms with Crippen LogP contribution in [-0.2, 0) is 0 Å². The third-order valence-electron chi connectivity index (χ3n) is 13.3. The van der Waals surface area contributed by atoms with Crippen LogP contribution in [0.1, 0.15) is 230 Å². The number of rotatable bonds is 11. The zero-order valence-electron chi connectivity index (χ0n) is 38.3. The van der Waals surface area contributed by atoms with Gasteiger partial charge in [0.15, 0.2) is 0 Å². The predicted molar refractivity (Wildman–Crippen MR) is 253 cm³/mol. The van der Waals surface area contributed by atoms with Crippen LogP contribution in [0.3, 0.4) is 0 Å². The summed E-state index contributed by atoms with van der Waals surface area (Å²) in [4.78, 5) is 0. The molecule has 0 atom stereocenters. The Kier molecular flexibility index (Phi) is 23.7. The van der Waals surface area contributed by atoms with Crippen LogP contribution in [0.15, 0.2) is 24.3 Å². The van der Waals surface area contributed by atoms with E-state index in [-0.39, 0.29) is 34.1 Å². The van der Waals surface area contributed by atoms with Crippen molar-refractivity contribution in [2.75, 3.05) is 7.11 Å². The molecule has 0 radical (unpaired) electrons. The van der Waals surface area contributed by atoms with Crippen LogP contribution in [-0.4, -0.2) is 29.7 Å². The fourth-order valence-corrected chi connectivity index (χ4v) is 17.6. The van der Waals surface area contributed by atoms with Crippen LogP contribution in [0.2, 0.25) is 0 Å². The fourth-order valence-electron chi connectivity index (χ4n) is 9.99.